The number of likely N-dealkylation sites (tertiary alicyclic amines) is 1. The second-order valence-electron chi connectivity index (χ2n) is 10.4. The SMILES string of the molecule is COc1cc2c(cc1Nc1nc(Nc3cc(Cl)cc(F)c3C(N)=O)c3cc[nH]c3[nH+]1)N(C(=O)CN1CCCC1)CCC2. The lowest BCUT2D eigenvalue weighted by Gasteiger charge is -2.31. The molecule has 4 heterocycles. The van der Waals surface area contributed by atoms with E-state index >= 15 is 0 Å². The molecule has 0 saturated carbocycles. The maximum absolute atomic E-state index is 14.6. The first kappa shape index (κ1) is 27.7. The Kier molecular flexibility index (Phi) is 7.56. The van der Waals surface area contributed by atoms with Gasteiger partial charge in [0.1, 0.15) is 11.5 Å². The molecule has 218 valence electrons. The molecule has 0 bridgehead atoms. The van der Waals surface area contributed by atoms with Crippen molar-refractivity contribution < 1.29 is 23.7 Å². The van der Waals surface area contributed by atoms with Crippen molar-refractivity contribution in [1.29, 1.82) is 0 Å². The van der Waals surface area contributed by atoms with Gasteiger partial charge in [-0.15, -0.1) is 0 Å². The summed E-state index contributed by atoms with van der Waals surface area (Å²) in [6.07, 6.45) is 5.67. The van der Waals surface area contributed by atoms with E-state index in [0.29, 0.717) is 47.3 Å². The molecule has 13 heteroatoms. The summed E-state index contributed by atoms with van der Waals surface area (Å²) in [4.78, 5) is 40.4. The molecule has 0 atom stereocenters. The van der Waals surface area contributed by atoms with Crippen molar-refractivity contribution in [3.05, 3.63) is 58.5 Å². The fraction of sp³-hybridized carbons (Fsp3) is 0.310. The molecule has 11 nitrogen and oxygen atoms in total. The number of anilines is 5. The van der Waals surface area contributed by atoms with Crippen LogP contribution < -0.4 is 31.0 Å². The van der Waals surface area contributed by atoms with Crippen molar-refractivity contribution in [1.82, 2.24) is 14.9 Å². The Labute approximate surface area is 246 Å². The van der Waals surface area contributed by atoms with Gasteiger partial charge in [-0.25, -0.2) is 9.37 Å². The van der Waals surface area contributed by atoms with E-state index in [-0.39, 0.29) is 22.2 Å². The Morgan fingerprint density at radius 3 is 2.71 bits per heavy atom. The monoisotopic (exact) mass is 593 g/mol. The summed E-state index contributed by atoms with van der Waals surface area (Å²) < 4.78 is 20.3. The highest BCUT2D eigenvalue weighted by Gasteiger charge is 2.28. The molecule has 2 amide bonds. The molecule has 6 rings (SSSR count). The fourth-order valence-corrected chi connectivity index (χ4v) is 5.88. The van der Waals surface area contributed by atoms with Gasteiger partial charge < -0.3 is 20.7 Å². The number of methoxy groups -OCH3 is 1. The summed E-state index contributed by atoms with van der Waals surface area (Å²) in [5, 5.41) is 7.04. The topological polar surface area (TPSA) is 143 Å². The number of aryl methyl sites for hydroxylation is 1. The summed E-state index contributed by atoms with van der Waals surface area (Å²) in [6.45, 7) is 2.95. The van der Waals surface area contributed by atoms with E-state index < -0.39 is 11.7 Å². The average Bonchev–Trinajstić information content (AvgIpc) is 3.64. The molecule has 42 heavy (non-hydrogen) atoms. The van der Waals surface area contributed by atoms with Crippen molar-refractivity contribution in [2.45, 2.75) is 25.7 Å². The quantitative estimate of drug-likeness (QED) is 0.240. The Morgan fingerprint density at radius 2 is 1.95 bits per heavy atom. The number of nitrogens with two attached hydrogens (primary N) is 1. The van der Waals surface area contributed by atoms with Crippen LogP contribution in [0, 0.1) is 5.82 Å². The number of primary amides is 1. The van der Waals surface area contributed by atoms with Crippen LogP contribution in [0.15, 0.2) is 36.5 Å². The van der Waals surface area contributed by atoms with E-state index in [0.717, 1.165) is 56.1 Å². The molecule has 4 aromatic rings. The molecule has 2 aliphatic rings. The van der Waals surface area contributed by atoms with E-state index in [4.69, 9.17) is 22.1 Å². The number of hydrogen-bond acceptors (Lipinski definition) is 7. The predicted molar refractivity (Wildman–Crippen MR) is 158 cm³/mol. The summed E-state index contributed by atoms with van der Waals surface area (Å²) in [5.41, 5.74) is 8.30. The highest BCUT2D eigenvalue weighted by atomic mass is 35.5. The minimum Gasteiger partial charge on any atom is -0.493 e. The molecule has 2 aromatic heterocycles. The van der Waals surface area contributed by atoms with Crippen LogP contribution in [-0.2, 0) is 11.2 Å². The highest BCUT2D eigenvalue weighted by molar-refractivity contribution is 6.31. The van der Waals surface area contributed by atoms with Crippen LogP contribution in [0.3, 0.4) is 0 Å². The van der Waals surface area contributed by atoms with Gasteiger partial charge in [0, 0.05) is 23.8 Å². The van der Waals surface area contributed by atoms with Gasteiger partial charge in [-0.1, -0.05) is 16.6 Å². The Hall–Kier alpha value is -4.42. The molecule has 6 N–H and O–H groups in total. The number of nitrogens with zero attached hydrogens (tertiary/aromatic N) is 3. The Morgan fingerprint density at radius 1 is 1.14 bits per heavy atom. The molecule has 2 aliphatic heterocycles. The molecule has 1 fully saturated rings. The molecule has 1 saturated heterocycles. The number of carbonyl (C=O) groups is 2. The lowest BCUT2D eigenvalue weighted by atomic mass is 10.00. The molecule has 2 aromatic carbocycles. The van der Waals surface area contributed by atoms with Crippen LogP contribution in [0.5, 0.6) is 5.75 Å². The number of benzene rings is 2. The number of amides is 2. The Balaban J connectivity index is 1.35. The van der Waals surface area contributed by atoms with Gasteiger partial charge >= 0.3 is 5.95 Å². The van der Waals surface area contributed by atoms with E-state index in [2.05, 4.69) is 30.5 Å². The van der Waals surface area contributed by atoms with Crippen molar-refractivity contribution in [3.63, 3.8) is 0 Å². The zero-order valence-corrected chi connectivity index (χ0v) is 23.8. The van der Waals surface area contributed by atoms with Gasteiger partial charge in [0.2, 0.25) is 17.4 Å². The van der Waals surface area contributed by atoms with Crippen LogP contribution >= 0.6 is 11.6 Å². The van der Waals surface area contributed by atoms with E-state index in [1.54, 1.807) is 19.4 Å². The summed E-state index contributed by atoms with van der Waals surface area (Å²) in [5.74, 6) is -0.480. The molecule has 0 radical (unpaired) electrons. The smallest absolute Gasteiger partial charge is 0.351 e. The molecular weight excluding hydrogens is 563 g/mol. The number of hydrogen-bond donors (Lipinski definition) is 4. The molecule has 0 aliphatic carbocycles. The Bertz CT molecular complexity index is 1690. The van der Waals surface area contributed by atoms with Crippen molar-refractivity contribution in [3.8, 4) is 5.75 Å². The predicted octanol–water partition coefficient (Wildman–Crippen LogP) is 4.14. The fourth-order valence-electron chi connectivity index (χ4n) is 5.67. The van der Waals surface area contributed by atoms with Gasteiger partial charge in [-0.2, -0.15) is 0 Å². The van der Waals surface area contributed by atoms with Crippen LogP contribution in [-0.4, -0.2) is 60.0 Å². The number of ether oxygens (including phenoxy) is 1. The van der Waals surface area contributed by atoms with Crippen LogP contribution in [0.1, 0.15) is 35.2 Å². The standard InChI is InChI=1S/C29H30ClFN8O3/c1-42-23-11-16-5-4-10-39(24(40)15-38-8-2-3-9-38)22(16)14-20(23)35-29-36-27-18(6-7-33-27)28(37-29)34-21-13-17(30)12-19(31)25(21)26(32)41/h6-7,11-14H,2-5,8-10,15H2,1H3,(H2,32,41)(H3,33,34,35,36,37)/p+1. The van der Waals surface area contributed by atoms with E-state index in [9.17, 15) is 14.0 Å². The number of H-pyrrole nitrogens is 2. The number of halogens is 2. The number of carbonyl (C=O) groups excluding carboxylic acids is 2. The highest BCUT2D eigenvalue weighted by Crippen LogP contribution is 2.38. The lowest BCUT2D eigenvalue weighted by molar-refractivity contribution is -0.333. The molecule has 0 spiro atoms. The van der Waals surface area contributed by atoms with Crippen LogP contribution in [0.25, 0.3) is 11.0 Å². The normalized spacial score (nSPS) is 15.1. The largest absolute Gasteiger partial charge is 0.493 e. The van der Waals surface area contributed by atoms with Gasteiger partial charge in [0.25, 0.3) is 5.91 Å². The first-order chi connectivity index (χ1) is 20.3. The lowest BCUT2D eigenvalue weighted by Crippen LogP contribution is -2.42. The minimum atomic E-state index is -0.944. The van der Waals surface area contributed by atoms with E-state index in [1.807, 2.05) is 17.0 Å². The first-order valence-electron chi connectivity index (χ1n) is 13.8. The third-order valence-corrected chi connectivity index (χ3v) is 7.87. The number of fused-ring (bicyclic) bond motifs is 2. The second-order valence-corrected chi connectivity index (χ2v) is 10.9. The zero-order valence-electron chi connectivity index (χ0n) is 23.0. The van der Waals surface area contributed by atoms with E-state index in [1.165, 1.54) is 6.07 Å². The van der Waals surface area contributed by atoms with Crippen molar-refractivity contribution in [2.24, 2.45) is 5.73 Å². The number of aromatic nitrogens is 3. The summed E-state index contributed by atoms with van der Waals surface area (Å²) in [6, 6.07) is 8.08. The average molecular weight is 594 g/mol. The summed E-state index contributed by atoms with van der Waals surface area (Å²) >= 11 is 6.08. The maximum atomic E-state index is 14.6. The van der Waals surface area contributed by atoms with Gasteiger partial charge in [0.05, 0.1) is 36.0 Å². The number of rotatable bonds is 8. The zero-order chi connectivity index (χ0) is 29.4. The maximum Gasteiger partial charge on any atom is 0.351 e. The van der Waals surface area contributed by atoms with Gasteiger partial charge in [-0.3, -0.25) is 24.8 Å². The van der Waals surface area contributed by atoms with Crippen molar-refractivity contribution in [2.75, 3.05) is 48.8 Å². The second kappa shape index (κ2) is 11.5. The first-order valence-corrected chi connectivity index (χ1v) is 14.2. The molecule has 0 unspecified atom stereocenters. The van der Waals surface area contributed by atoms with Gasteiger partial charge in [0.15, 0.2) is 5.75 Å². The number of aromatic amines is 2. The van der Waals surface area contributed by atoms with Gasteiger partial charge in [-0.05, 0) is 68.6 Å². The third-order valence-electron chi connectivity index (χ3n) is 7.65. The third kappa shape index (κ3) is 5.42. The van der Waals surface area contributed by atoms with Crippen molar-refractivity contribution >= 4 is 63.3 Å². The molecular formula is C29H31ClFN8O3+. The summed E-state index contributed by atoms with van der Waals surface area (Å²) in [7, 11) is 1.59. The van der Waals surface area contributed by atoms with Crippen LogP contribution in [0.4, 0.5) is 33.2 Å². The number of nitrogens with one attached hydrogen (secondary N) is 4. The van der Waals surface area contributed by atoms with Crippen LogP contribution in [0.2, 0.25) is 5.02 Å². The minimum absolute atomic E-state index is 0.0805.